The van der Waals surface area contributed by atoms with Gasteiger partial charge in [0.2, 0.25) is 0 Å². The van der Waals surface area contributed by atoms with E-state index < -0.39 is 0 Å². The molecule has 1 saturated carbocycles. The highest BCUT2D eigenvalue weighted by Crippen LogP contribution is 2.29. The largest absolute Gasteiger partial charge is 0.100 e. The predicted molar refractivity (Wildman–Crippen MR) is 50.2 cm³/mol. The van der Waals surface area contributed by atoms with Gasteiger partial charge >= 0.3 is 0 Å². The number of hydrogen-bond donors (Lipinski definition) is 0. The summed E-state index contributed by atoms with van der Waals surface area (Å²) in [6.45, 7) is 0. The fourth-order valence-electron chi connectivity index (χ4n) is 1.73. The van der Waals surface area contributed by atoms with Crippen molar-refractivity contribution in [3.63, 3.8) is 0 Å². The topological polar surface area (TPSA) is 0 Å². The quantitative estimate of drug-likeness (QED) is 0.577. The van der Waals surface area contributed by atoms with Crippen molar-refractivity contribution in [2.75, 3.05) is 6.16 Å². The van der Waals surface area contributed by atoms with Gasteiger partial charge in [-0.15, -0.1) is 11.2 Å². The minimum Gasteiger partial charge on any atom is -0.100 e. The van der Waals surface area contributed by atoms with Gasteiger partial charge in [0.15, 0.2) is 0 Å². The molecule has 0 aromatic carbocycles. The van der Waals surface area contributed by atoms with Crippen molar-refractivity contribution in [3.8, 4) is 0 Å². The Hall–Kier alpha value is 0.720. The monoisotopic (exact) mass is 178 g/mol. The second kappa shape index (κ2) is 5.38. The Morgan fingerprint density at radius 3 is 2.50 bits per heavy atom. The van der Waals surface area contributed by atoms with Gasteiger partial charge in [-0.1, -0.05) is 32.1 Å². The molecule has 1 aliphatic carbocycles. The molecule has 60 valence electrons. The Morgan fingerprint density at radius 1 is 1.20 bits per heavy atom. The average molecular weight is 179 g/mol. The smallest absolute Gasteiger partial charge is 0.0211 e. The molecule has 0 radical (unpaired) electrons. The molecule has 1 atom stereocenters. The summed E-state index contributed by atoms with van der Waals surface area (Å²) in [7, 11) is 0.654. The maximum absolute atomic E-state index is 5.65. The van der Waals surface area contributed by atoms with Crippen LogP contribution in [-0.2, 0) is 0 Å². The molecule has 0 spiro atoms. The number of hydrogen-bond acceptors (Lipinski definition) is 0. The summed E-state index contributed by atoms with van der Waals surface area (Å²) in [6.07, 6.45) is 10.0. The van der Waals surface area contributed by atoms with Gasteiger partial charge in [-0.3, -0.25) is 0 Å². The highest BCUT2D eigenvalue weighted by Gasteiger charge is 2.11. The van der Waals surface area contributed by atoms with Gasteiger partial charge in [0.1, 0.15) is 0 Å². The Labute approximate surface area is 70.3 Å². The lowest BCUT2D eigenvalue weighted by Crippen LogP contribution is -2.06. The molecule has 0 heterocycles. The molecule has 0 aliphatic heterocycles. The van der Waals surface area contributed by atoms with E-state index >= 15 is 0 Å². The van der Waals surface area contributed by atoms with Crippen LogP contribution in [0.1, 0.15) is 38.5 Å². The van der Waals surface area contributed by atoms with Crippen LogP contribution in [-0.4, -0.2) is 6.16 Å². The van der Waals surface area contributed by atoms with Crippen molar-refractivity contribution in [1.29, 1.82) is 0 Å². The zero-order valence-corrected chi connectivity index (χ0v) is 8.16. The van der Waals surface area contributed by atoms with Gasteiger partial charge in [-0.05, 0) is 26.4 Å². The van der Waals surface area contributed by atoms with Gasteiger partial charge in [0.05, 0.1) is 0 Å². The summed E-state index contributed by atoms with van der Waals surface area (Å²) in [5, 5.41) is 0. The summed E-state index contributed by atoms with van der Waals surface area (Å²) >= 11 is 5.65. The van der Waals surface area contributed by atoms with Crippen molar-refractivity contribution in [1.82, 2.24) is 0 Å². The minimum absolute atomic E-state index is 0.654. The van der Waals surface area contributed by atoms with Gasteiger partial charge in [-0.25, -0.2) is 0 Å². The van der Waals surface area contributed by atoms with E-state index in [9.17, 15) is 0 Å². The van der Waals surface area contributed by atoms with E-state index in [0.717, 1.165) is 5.92 Å². The van der Waals surface area contributed by atoms with E-state index in [1.165, 1.54) is 44.7 Å². The fourth-order valence-corrected chi connectivity index (χ4v) is 2.58. The summed E-state index contributed by atoms with van der Waals surface area (Å²) in [4.78, 5) is 0. The molecule has 0 amide bonds. The molecule has 0 aromatic heterocycles. The Balaban J connectivity index is 2.02. The van der Waals surface area contributed by atoms with Crippen molar-refractivity contribution in [3.05, 3.63) is 0 Å². The molecular weight excluding hydrogens is 163 g/mol. The Morgan fingerprint density at radius 2 is 1.90 bits per heavy atom. The molecule has 1 unspecified atom stereocenters. The van der Waals surface area contributed by atoms with Gasteiger partial charge < -0.3 is 0 Å². The van der Waals surface area contributed by atoms with Gasteiger partial charge in [0.25, 0.3) is 0 Å². The van der Waals surface area contributed by atoms with E-state index in [0.29, 0.717) is 7.93 Å². The molecule has 0 nitrogen and oxygen atoms in total. The highest BCUT2D eigenvalue weighted by molar-refractivity contribution is 7.68. The van der Waals surface area contributed by atoms with Gasteiger partial charge in [0, 0.05) is 0 Å². The van der Waals surface area contributed by atoms with Crippen LogP contribution < -0.4 is 0 Å². The van der Waals surface area contributed by atoms with Crippen LogP contribution in [0.3, 0.4) is 0 Å². The Bertz CT molecular complexity index is 79.3. The SMILES string of the molecule is ClPCCC1CCCCC1. The van der Waals surface area contributed by atoms with Crippen molar-refractivity contribution < 1.29 is 0 Å². The summed E-state index contributed by atoms with van der Waals surface area (Å²) in [5.74, 6) is 1.03. The van der Waals surface area contributed by atoms with E-state index in [2.05, 4.69) is 0 Å². The first kappa shape index (κ1) is 8.81. The second-order valence-electron chi connectivity index (χ2n) is 3.18. The number of rotatable bonds is 3. The van der Waals surface area contributed by atoms with Crippen LogP contribution >= 0.6 is 19.2 Å². The third-order valence-corrected chi connectivity index (χ3v) is 3.42. The molecule has 0 saturated heterocycles. The average Bonchev–Trinajstić information content (AvgIpc) is 2.03. The Kier molecular flexibility index (Phi) is 4.74. The molecule has 10 heavy (non-hydrogen) atoms. The highest BCUT2D eigenvalue weighted by atomic mass is 35.7. The second-order valence-corrected chi connectivity index (χ2v) is 4.75. The zero-order chi connectivity index (χ0) is 7.23. The molecule has 0 N–H and O–H groups in total. The molecular formula is C8H16ClP. The normalized spacial score (nSPS) is 22.5. The predicted octanol–water partition coefficient (Wildman–Crippen LogP) is 3.79. The molecule has 2 heteroatoms. The fraction of sp³-hybridized carbons (Fsp3) is 1.00. The molecule has 0 aromatic rings. The van der Waals surface area contributed by atoms with E-state index in [4.69, 9.17) is 11.2 Å². The third-order valence-electron chi connectivity index (χ3n) is 2.37. The van der Waals surface area contributed by atoms with Crippen LogP contribution in [0.5, 0.6) is 0 Å². The summed E-state index contributed by atoms with van der Waals surface area (Å²) < 4.78 is 0. The minimum atomic E-state index is 0.654. The lowest BCUT2D eigenvalue weighted by Gasteiger charge is -2.20. The van der Waals surface area contributed by atoms with Crippen molar-refractivity contribution in [2.45, 2.75) is 38.5 Å². The zero-order valence-electron chi connectivity index (χ0n) is 6.41. The first-order chi connectivity index (χ1) is 4.93. The van der Waals surface area contributed by atoms with Crippen molar-refractivity contribution >= 4 is 19.2 Å². The van der Waals surface area contributed by atoms with E-state index in [-0.39, 0.29) is 0 Å². The van der Waals surface area contributed by atoms with E-state index in [1.54, 1.807) is 0 Å². The summed E-state index contributed by atoms with van der Waals surface area (Å²) in [5.41, 5.74) is 0. The molecule has 1 rings (SSSR count). The molecule has 0 bridgehead atoms. The lowest BCUT2D eigenvalue weighted by molar-refractivity contribution is 0.351. The van der Waals surface area contributed by atoms with Crippen LogP contribution in [0.15, 0.2) is 0 Å². The maximum atomic E-state index is 5.65. The summed E-state index contributed by atoms with van der Waals surface area (Å²) in [6, 6.07) is 0. The van der Waals surface area contributed by atoms with Crippen LogP contribution in [0.25, 0.3) is 0 Å². The first-order valence-corrected chi connectivity index (χ1v) is 6.49. The third kappa shape index (κ3) is 3.21. The van der Waals surface area contributed by atoms with Crippen LogP contribution in [0.4, 0.5) is 0 Å². The lowest BCUT2D eigenvalue weighted by atomic mass is 9.88. The first-order valence-electron chi connectivity index (χ1n) is 4.27. The number of halogens is 1. The maximum Gasteiger partial charge on any atom is -0.0211 e. The standard InChI is InChI=1S/C8H16ClP/c9-10-7-6-8-4-2-1-3-5-8/h8,10H,1-7H2. The van der Waals surface area contributed by atoms with Crippen molar-refractivity contribution in [2.24, 2.45) is 5.92 Å². The van der Waals surface area contributed by atoms with Crippen LogP contribution in [0, 0.1) is 5.92 Å². The molecule has 1 fully saturated rings. The van der Waals surface area contributed by atoms with E-state index in [1.807, 2.05) is 0 Å². The van der Waals surface area contributed by atoms with Gasteiger partial charge in [-0.2, -0.15) is 0 Å². The van der Waals surface area contributed by atoms with Crippen LogP contribution in [0.2, 0.25) is 0 Å². The molecule has 1 aliphatic rings.